The maximum absolute atomic E-state index is 12.1. The molecule has 0 fully saturated rings. The van der Waals surface area contributed by atoms with E-state index in [9.17, 15) is 9.90 Å². The van der Waals surface area contributed by atoms with E-state index in [2.05, 4.69) is 22.5 Å². The quantitative estimate of drug-likeness (QED) is 0.867. The highest BCUT2D eigenvalue weighted by atomic mass is 79.9. The van der Waals surface area contributed by atoms with Gasteiger partial charge in [-0.15, -0.1) is 0 Å². The molecule has 1 N–H and O–H groups in total. The van der Waals surface area contributed by atoms with Crippen LogP contribution >= 0.6 is 15.9 Å². The summed E-state index contributed by atoms with van der Waals surface area (Å²) in [6, 6.07) is 7.23. The number of amides is 1. The Morgan fingerprint density at radius 3 is 3.00 bits per heavy atom. The lowest BCUT2D eigenvalue weighted by Gasteiger charge is -2.19. The first kappa shape index (κ1) is 12.8. The Morgan fingerprint density at radius 1 is 1.67 bits per heavy atom. The molecule has 4 nitrogen and oxygen atoms in total. The molecule has 0 bridgehead atoms. The highest BCUT2D eigenvalue weighted by Crippen LogP contribution is 2.29. The molecular weight excluding hydrogens is 296 g/mol. The lowest BCUT2D eigenvalue weighted by atomic mass is 10.1. The first-order valence-corrected chi connectivity index (χ1v) is 6.17. The highest BCUT2D eigenvalue weighted by Gasteiger charge is 2.30. The SMILES string of the molecule is C=C(C#N)C(O)CN1Cc2c(Br)cccc2C1=O. The maximum atomic E-state index is 12.1. The van der Waals surface area contributed by atoms with Crippen molar-refractivity contribution in [3.63, 3.8) is 0 Å². The van der Waals surface area contributed by atoms with E-state index in [-0.39, 0.29) is 18.0 Å². The summed E-state index contributed by atoms with van der Waals surface area (Å²) in [6.45, 7) is 3.97. The molecule has 0 saturated carbocycles. The molecule has 1 aromatic rings. The predicted molar refractivity (Wildman–Crippen MR) is 69.6 cm³/mol. The highest BCUT2D eigenvalue weighted by molar-refractivity contribution is 9.10. The molecule has 0 spiro atoms. The predicted octanol–water partition coefficient (Wildman–Crippen LogP) is 1.85. The van der Waals surface area contributed by atoms with Gasteiger partial charge in [-0.2, -0.15) is 5.26 Å². The topological polar surface area (TPSA) is 64.3 Å². The Morgan fingerprint density at radius 2 is 2.39 bits per heavy atom. The standard InChI is InChI=1S/C13H11BrN2O2/c1-8(5-15)12(17)7-16-6-10-9(13(16)18)3-2-4-11(10)14/h2-4,12,17H,1,6-7H2. The van der Waals surface area contributed by atoms with Gasteiger partial charge in [-0.3, -0.25) is 4.79 Å². The van der Waals surface area contributed by atoms with Gasteiger partial charge in [0.1, 0.15) is 6.10 Å². The van der Waals surface area contributed by atoms with Crippen LogP contribution < -0.4 is 0 Å². The minimum atomic E-state index is -1.01. The third-order valence-electron chi connectivity index (χ3n) is 2.92. The Hall–Kier alpha value is -1.64. The summed E-state index contributed by atoms with van der Waals surface area (Å²) in [5.74, 6) is -0.129. The van der Waals surface area contributed by atoms with E-state index in [1.54, 1.807) is 18.2 Å². The fourth-order valence-electron chi connectivity index (χ4n) is 1.89. The molecule has 92 valence electrons. The van der Waals surface area contributed by atoms with Crippen molar-refractivity contribution in [1.29, 1.82) is 5.26 Å². The molecule has 18 heavy (non-hydrogen) atoms. The number of carbonyl (C=O) groups is 1. The monoisotopic (exact) mass is 306 g/mol. The third-order valence-corrected chi connectivity index (χ3v) is 3.67. The number of carbonyl (C=O) groups excluding carboxylic acids is 1. The first-order chi connectivity index (χ1) is 8.54. The lowest BCUT2D eigenvalue weighted by molar-refractivity contribution is 0.0694. The molecule has 0 radical (unpaired) electrons. The van der Waals surface area contributed by atoms with Crippen LogP contribution in [0.3, 0.4) is 0 Å². The van der Waals surface area contributed by atoms with Gasteiger partial charge >= 0.3 is 0 Å². The van der Waals surface area contributed by atoms with Crippen LogP contribution in [-0.4, -0.2) is 28.6 Å². The van der Waals surface area contributed by atoms with E-state index in [4.69, 9.17) is 5.26 Å². The van der Waals surface area contributed by atoms with Gasteiger partial charge in [-0.25, -0.2) is 0 Å². The van der Waals surface area contributed by atoms with Crippen LogP contribution in [0.2, 0.25) is 0 Å². The second kappa shape index (κ2) is 4.92. The van der Waals surface area contributed by atoms with Gasteiger partial charge in [0.2, 0.25) is 0 Å². The molecule has 0 saturated heterocycles. The van der Waals surface area contributed by atoms with Crippen LogP contribution in [0.25, 0.3) is 0 Å². The Bertz CT molecular complexity index is 563. The number of benzene rings is 1. The number of aliphatic hydroxyl groups is 1. The van der Waals surface area contributed by atoms with E-state index >= 15 is 0 Å². The van der Waals surface area contributed by atoms with E-state index < -0.39 is 6.10 Å². The van der Waals surface area contributed by atoms with Gasteiger partial charge in [0, 0.05) is 16.6 Å². The van der Waals surface area contributed by atoms with Crippen LogP contribution in [0.4, 0.5) is 0 Å². The van der Waals surface area contributed by atoms with Crippen LogP contribution in [-0.2, 0) is 6.54 Å². The number of fused-ring (bicyclic) bond motifs is 1. The number of halogens is 1. The van der Waals surface area contributed by atoms with Gasteiger partial charge in [0.25, 0.3) is 5.91 Å². The third kappa shape index (κ3) is 2.17. The summed E-state index contributed by atoms with van der Waals surface area (Å²) >= 11 is 3.40. The largest absolute Gasteiger partial charge is 0.386 e. The summed E-state index contributed by atoms with van der Waals surface area (Å²) in [7, 11) is 0. The average molecular weight is 307 g/mol. The van der Waals surface area contributed by atoms with Crippen molar-refractivity contribution >= 4 is 21.8 Å². The van der Waals surface area contributed by atoms with Crippen molar-refractivity contribution < 1.29 is 9.90 Å². The number of hydrogen-bond acceptors (Lipinski definition) is 3. The zero-order chi connectivity index (χ0) is 13.3. The molecule has 1 heterocycles. The fraction of sp³-hybridized carbons (Fsp3) is 0.231. The fourth-order valence-corrected chi connectivity index (χ4v) is 2.39. The van der Waals surface area contributed by atoms with E-state index in [1.165, 1.54) is 4.90 Å². The molecule has 1 aliphatic heterocycles. The van der Waals surface area contributed by atoms with Gasteiger partial charge in [-0.1, -0.05) is 28.6 Å². The van der Waals surface area contributed by atoms with Crippen LogP contribution in [0.1, 0.15) is 15.9 Å². The van der Waals surface area contributed by atoms with Crippen molar-refractivity contribution in [3.05, 3.63) is 46.0 Å². The molecule has 1 aromatic carbocycles. The molecule has 0 aromatic heterocycles. The molecule has 2 rings (SSSR count). The van der Waals surface area contributed by atoms with Crippen molar-refractivity contribution in [1.82, 2.24) is 4.90 Å². The molecule has 1 aliphatic rings. The molecule has 1 atom stereocenters. The average Bonchev–Trinajstić information content (AvgIpc) is 2.68. The number of aliphatic hydroxyl groups excluding tert-OH is 1. The van der Waals surface area contributed by atoms with Gasteiger partial charge in [-0.05, 0) is 17.7 Å². The summed E-state index contributed by atoms with van der Waals surface area (Å²) in [5, 5.41) is 18.4. The van der Waals surface area contributed by atoms with Crippen molar-refractivity contribution in [2.75, 3.05) is 6.54 Å². The molecule has 0 aliphatic carbocycles. The number of β-amino-alcohol motifs (C(OH)–C–C–N with tert-alkyl or cyclic N) is 1. The molecule has 5 heteroatoms. The smallest absolute Gasteiger partial charge is 0.254 e. The number of rotatable bonds is 3. The van der Waals surface area contributed by atoms with Crippen molar-refractivity contribution in [2.45, 2.75) is 12.6 Å². The second-order valence-corrected chi connectivity index (χ2v) is 4.96. The van der Waals surface area contributed by atoms with Crippen LogP contribution in [0.5, 0.6) is 0 Å². The van der Waals surface area contributed by atoms with Gasteiger partial charge in [0.15, 0.2) is 0 Å². The molecular formula is C13H11BrN2O2. The first-order valence-electron chi connectivity index (χ1n) is 5.38. The maximum Gasteiger partial charge on any atom is 0.254 e. The zero-order valence-electron chi connectivity index (χ0n) is 9.56. The van der Waals surface area contributed by atoms with Crippen molar-refractivity contribution in [2.24, 2.45) is 0 Å². The summed E-state index contributed by atoms with van der Waals surface area (Å²) in [5.41, 5.74) is 1.62. The molecule has 1 amide bonds. The van der Waals surface area contributed by atoms with Crippen LogP contribution in [0, 0.1) is 11.3 Å². The van der Waals surface area contributed by atoms with Gasteiger partial charge in [0.05, 0.1) is 18.2 Å². The lowest BCUT2D eigenvalue weighted by Crippen LogP contribution is -2.33. The zero-order valence-corrected chi connectivity index (χ0v) is 11.1. The summed E-state index contributed by atoms with van der Waals surface area (Å²) in [6.07, 6.45) is -1.01. The minimum Gasteiger partial charge on any atom is -0.386 e. The van der Waals surface area contributed by atoms with Crippen molar-refractivity contribution in [3.8, 4) is 6.07 Å². The number of nitriles is 1. The van der Waals surface area contributed by atoms with Crippen LogP contribution in [0.15, 0.2) is 34.8 Å². The Kier molecular flexibility index (Phi) is 3.50. The van der Waals surface area contributed by atoms with E-state index in [0.717, 1.165) is 10.0 Å². The number of hydrogen-bond donors (Lipinski definition) is 1. The summed E-state index contributed by atoms with van der Waals surface area (Å²) in [4.78, 5) is 13.6. The molecule has 1 unspecified atom stereocenters. The van der Waals surface area contributed by atoms with E-state index in [1.807, 2.05) is 6.07 Å². The second-order valence-electron chi connectivity index (χ2n) is 4.10. The normalized spacial score (nSPS) is 15.2. The Labute approximate surface area is 113 Å². The van der Waals surface area contributed by atoms with E-state index in [0.29, 0.717) is 12.1 Å². The summed E-state index contributed by atoms with van der Waals surface area (Å²) < 4.78 is 0.879. The minimum absolute atomic E-state index is 0.0674. The van der Waals surface area contributed by atoms with Gasteiger partial charge < -0.3 is 10.0 Å². The Balaban J connectivity index is 2.18. The number of nitrogens with zero attached hydrogens (tertiary/aromatic N) is 2.